The lowest BCUT2D eigenvalue weighted by atomic mass is 9.44. The molecular formula is C26H39NO. The van der Waals surface area contributed by atoms with Crippen LogP contribution < -0.4 is 5.32 Å². The average Bonchev–Trinajstić information content (AvgIpc) is 2.90. The van der Waals surface area contributed by atoms with Crippen molar-refractivity contribution in [2.24, 2.45) is 28.1 Å². The molecule has 4 saturated carbocycles. The lowest BCUT2D eigenvalue weighted by molar-refractivity contribution is -0.144. The Balaban J connectivity index is 1.43. The van der Waals surface area contributed by atoms with E-state index < -0.39 is 0 Å². The van der Waals surface area contributed by atoms with Crippen LogP contribution in [0.2, 0.25) is 0 Å². The molecule has 2 nitrogen and oxygen atoms in total. The van der Waals surface area contributed by atoms with Crippen molar-refractivity contribution in [2.45, 2.75) is 103 Å². The van der Waals surface area contributed by atoms with Crippen molar-refractivity contribution >= 4 is 5.91 Å². The maximum atomic E-state index is 13.6. The summed E-state index contributed by atoms with van der Waals surface area (Å²) in [5, 5.41) is 3.52. The van der Waals surface area contributed by atoms with Gasteiger partial charge in [-0.3, -0.25) is 4.79 Å². The molecule has 2 heteroatoms. The van der Waals surface area contributed by atoms with Crippen LogP contribution in [0.5, 0.6) is 0 Å². The summed E-state index contributed by atoms with van der Waals surface area (Å²) < 4.78 is 0. The standard InChI is InChI=1S/C26H39NO/c1-18-16-26-15-12-21-24(2,22(26)11-10-19(18)17-26)13-7-14-25(21,3)23(28)27-20-8-5-4-6-9-20/h11,19-21H,1,4-10,12-17H2,2-3H3,(H,27,28)/t19-,21?,24?,25?,26?/m0/s1. The van der Waals surface area contributed by atoms with Crippen molar-refractivity contribution in [3.05, 3.63) is 23.8 Å². The fraction of sp³-hybridized carbons (Fsp3) is 0.808. The Bertz CT molecular complexity index is 716. The number of allylic oxidation sites excluding steroid dienone is 3. The monoisotopic (exact) mass is 381 g/mol. The molecule has 5 aliphatic rings. The highest BCUT2D eigenvalue weighted by molar-refractivity contribution is 5.83. The minimum atomic E-state index is -0.195. The van der Waals surface area contributed by atoms with E-state index in [2.05, 4.69) is 31.8 Å². The van der Waals surface area contributed by atoms with Crippen LogP contribution >= 0.6 is 0 Å². The summed E-state index contributed by atoms with van der Waals surface area (Å²) >= 11 is 0. The van der Waals surface area contributed by atoms with Gasteiger partial charge in [0.15, 0.2) is 0 Å². The van der Waals surface area contributed by atoms with Crippen molar-refractivity contribution in [1.29, 1.82) is 0 Å². The molecule has 1 spiro atoms. The van der Waals surface area contributed by atoms with Gasteiger partial charge in [-0.15, -0.1) is 0 Å². The molecule has 4 fully saturated rings. The second kappa shape index (κ2) is 6.47. The molecule has 28 heavy (non-hydrogen) atoms. The molecule has 0 saturated heterocycles. The van der Waals surface area contributed by atoms with Gasteiger partial charge in [0.25, 0.3) is 0 Å². The van der Waals surface area contributed by atoms with Crippen LogP contribution in [0.1, 0.15) is 97.3 Å². The van der Waals surface area contributed by atoms with E-state index >= 15 is 0 Å². The van der Waals surface area contributed by atoms with Gasteiger partial charge in [-0.05, 0) is 80.5 Å². The first kappa shape index (κ1) is 18.9. The fourth-order valence-electron chi connectivity index (χ4n) is 8.49. The van der Waals surface area contributed by atoms with Crippen LogP contribution in [0.25, 0.3) is 0 Å². The lowest BCUT2D eigenvalue weighted by Gasteiger charge is -2.60. The molecule has 1 amide bonds. The molecule has 5 aliphatic carbocycles. The Hall–Kier alpha value is -1.05. The first-order valence-electron chi connectivity index (χ1n) is 12.1. The minimum Gasteiger partial charge on any atom is -0.353 e. The van der Waals surface area contributed by atoms with Gasteiger partial charge < -0.3 is 5.32 Å². The Morgan fingerprint density at radius 2 is 1.86 bits per heavy atom. The van der Waals surface area contributed by atoms with Crippen LogP contribution in [0.15, 0.2) is 23.8 Å². The molecule has 4 unspecified atom stereocenters. The third-order valence-corrected chi connectivity index (χ3v) is 9.87. The van der Waals surface area contributed by atoms with E-state index in [4.69, 9.17) is 0 Å². The summed E-state index contributed by atoms with van der Waals surface area (Å²) in [5.74, 6) is 1.60. The summed E-state index contributed by atoms with van der Waals surface area (Å²) in [6.45, 7) is 9.27. The molecule has 0 aromatic rings. The first-order chi connectivity index (χ1) is 13.4. The van der Waals surface area contributed by atoms with Gasteiger partial charge in [0.2, 0.25) is 5.91 Å². The summed E-state index contributed by atoms with van der Waals surface area (Å²) in [6.07, 6.45) is 18.7. The van der Waals surface area contributed by atoms with Crippen LogP contribution in [0, 0.1) is 28.1 Å². The van der Waals surface area contributed by atoms with Gasteiger partial charge in [0, 0.05) is 6.04 Å². The summed E-state index contributed by atoms with van der Waals surface area (Å²) in [5.41, 5.74) is 3.65. The minimum absolute atomic E-state index is 0.195. The topological polar surface area (TPSA) is 29.1 Å². The van der Waals surface area contributed by atoms with E-state index in [9.17, 15) is 4.79 Å². The van der Waals surface area contributed by atoms with Crippen molar-refractivity contribution in [3.63, 3.8) is 0 Å². The number of carbonyl (C=O) groups is 1. The number of amides is 1. The van der Waals surface area contributed by atoms with E-state index in [0.717, 1.165) is 12.3 Å². The summed E-state index contributed by atoms with van der Waals surface area (Å²) in [4.78, 5) is 13.6. The zero-order valence-electron chi connectivity index (χ0n) is 18.1. The molecule has 0 heterocycles. The predicted octanol–water partition coefficient (Wildman–Crippen LogP) is 6.32. The number of hydrogen-bond acceptors (Lipinski definition) is 1. The predicted molar refractivity (Wildman–Crippen MR) is 115 cm³/mol. The van der Waals surface area contributed by atoms with E-state index in [1.54, 1.807) is 5.57 Å². The highest BCUT2D eigenvalue weighted by Gasteiger charge is 2.62. The van der Waals surface area contributed by atoms with Gasteiger partial charge in [0.1, 0.15) is 0 Å². The number of rotatable bonds is 2. The second-order valence-electron chi connectivity index (χ2n) is 11.5. The Labute approximate surface area is 171 Å². The SMILES string of the molecule is C=C1CC23CCC4C(C)(C(=O)NC5CCCCC5)CCCC4(C)C2=CC[C@H]1C3. The molecule has 154 valence electrons. The van der Waals surface area contributed by atoms with Gasteiger partial charge in [-0.1, -0.05) is 63.3 Å². The Kier molecular flexibility index (Phi) is 4.38. The molecule has 0 aromatic heterocycles. The average molecular weight is 382 g/mol. The van der Waals surface area contributed by atoms with Crippen molar-refractivity contribution in [1.82, 2.24) is 5.32 Å². The van der Waals surface area contributed by atoms with E-state index in [1.807, 2.05) is 0 Å². The molecule has 2 bridgehead atoms. The molecule has 5 atom stereocenters. The van der Waals surface area contributed by atoms with Gasteiger partial charge in [0.05, 0.1) is 5.41 Å². The third-order valence-electron chi connectivity index (χ3n) is 9.87. The number of nitrogens with one attached hydrogen (secondary N) is 1. The molecule has 0 aliphatic heterocycles. The first-order valence-corrected chi connectivity index (χ1v) is 12.1. The normalized spacial score (nSPS) is 45.8. The summed E-state index contributed by atoms with van der Waals surface area (Å²) in [6, 6.07) is 0.425. The zero-order chi connectivity index (χ0) is 19.6. The number of fused-ring (bicyclic) bond motifs is 3. The van der Waals surface area contributed by atoms with Gasteiger partial charge in [-0.2, -0.15) is 0 Å². The molecule has 0 radical (unpaired) electrons. The Morgan fingerprint density at radius 1 is 1.07 bits per heavy atom. The Morgan fingerprint density at radius 3 is 2.64 bits per heavy atom. The molecular weight excluding hydrogens is 342 g/mol. The van der Waals surface area contributed by atoms with Crippen LogP contribution in [0.3, 0.4) is 0 Å². The zero-order valence-corrected chi connectivity index (χ0v) is 18.1. The fourth-order valence-corrected chi connectivity index (χ4v) is 8.49. The second-order valence-corrected chi connectivity index (χ2v) is 11.5. The lowest BCUT2D eigenvalue weighted by Crippen LogP contribution is -2.57. The van der Waals surface area contributed by atoms with Crippen LogP contribution in [-0.4, -0.2) is 11.9 Å². The highest BCUT2D eigenvalue weighted by Crippen LogP contribution is 2.70. The van der Waals surface area contributed by atoms with Crippen LogP contribution in [0.4, 0.5) is 0 Å². The van der Waals surface area contributed by atoms with Crippen LogP contribution in [-0.2, 0) is 4.79 Å². The number of carbonyl (C=O) groups excluding carboxylic acids is 1. The molecule has 1 N–H and O–H groups in total. The largest absolute Gasteiger partial charge is 0.353 e. The van der Waals surface area contributed by atoms with Crippen molar-refractivity contribution in [3.8, 4) is 0 Å². The van der Waals surface area contributed by atoms with Crippen molar-refractivity contribution in [2.75, 3.05) is 0 Å². The van der Waals surface area contributed by atoms with Gasteiger partial charge in [-0.25, -0.2) is 0 Å². The van der Waals surface area contributed by atoms with E-state index in [-0.39, 0.29) is 10.8 Å². The maximum Gasteiger partial charge on any atom is 0.226 e. The molecule has 0 aromatic carbocycles. The smallest absolute Gasteiger partial charge is 0.226 e. The molecule has 5 rings (SSSR count). The van der Waals surface area contributed by atoms with E-state index in [1.165, 1.54) is 82.6 Å². The highest BCUT2D eigenvalue weighted by atomic mass is 16.2. The van der Waals surface area contributed by atoms with E-state index in [0.29, 0.717) is 23.3 Å². The number of hydrogen-bond donors (Lipinski definition) is 1. The third kappa shape index (κ3) is 2.62. The van der Waals surface area contributed by atoms with Gasteiger partial charge >= 0.3 is 0 Å². The maximum absolute atomic E-state index is 13.6. The quantitative estimate of drug-likeness (QED) is 0.557. The van der Waals surface area contributed by atoms with Crippen molar-refractivity contribution < 1.29 is 4.79 Å². The summed E-state index contributed by atoms with van der Waals surface area (Å²) in [7, 11) is 0.